The maximum atomic E-state index is 2.55. The highest BCUT2D eigenvalue weighted by Crippen LogP contribution is 1.86. The van der Waals surface area contributed by atoms with Crippen molar-refractivity contribution in [2.45, 2.75) is 20.8 Å². The van der Waals surface area contributed by atoms with Gasteiger partial charge in [-0.2, -0.15) is 0 Å². The van der Waals surface area contributed by atoms with E-state index in [-0.39, 0.29) is 9.84 Å². The maximum Gasteiger partial charge on any atom is 0.172 e. The highest BCUT2D eigenvalue weighted by molar-refractivity contribution is 6.28. The standard InChI is InChI=1S/C7H20N2Si/c1-5-8(4)10-9(6-2)7-3/h5-7,10H2,1-4H3. The summed E-state index contributed by atoms with van der Waals surface area (Å²) in [7, 11) is 2.13. The summed E-state index contributed by atoms with van der Waals surface area (Å²) < 4.78 is 5.00. The van der Waals surface area contributed by atoms with Crippen molar-refractivity contribution in [3.05, 3.63) is 0 Å². The second kappa shape index (κ2) is 5.89. The molecule has 0 heterocycles. The summed E-state index contributed by atoms with van der Waals surface area (Å²) >= 11 is 0. The third-order valence-corrected chi connectivity index (χ3v) is 4.10. The van der Waals surface area contributed by atoms with E-state index in [0.29, 0.717) is 0 Å². The van der Waals surface area contributed by atoms with Gasteiger partial charge in [0.2, 0.25) is 0 Å². The second-order valence-electron chi connectivity index (χ2n) is 2.62. The fraction of sp³-hybridized carbons (Fsp3) is 1.00. The molecule has 10 heavy (non-hydrogen) atoms. The van der Waals surface area contributed by atoms with Gasteiger partial charge in [-0.15, -0.1) is 0 Å². The average molecular weight is 160 g/mol. The minimum absolute atomic E-state index is 0.0837. The van der Waals surface area contributed by atoms with Crippen LogP contribution in [-0.2, 0) is 0 Å². The lowest BCUT2D eigenvalue weighted by Crippen LogP contribution is -2.39. The van der Waals surface area contributed by atoms with E-state index >= 15 is 0 Å². The molecule has 0 aromatic rings. The maximum absolute atomic E-state index is 2.55. The van der Waals surface area contributed by atoms with Gasteiger partial charge in [0.1, 0.15) is 0 Å². The van der Waals surface area contributed by atoms with Crippen LogP contribution >= 0.6 is 0 Å². The van der Waals surface area contributed by atoms with Crippen LogP contribution in [0.3, 0.4) is 0 Å². The lowest BCUT2D eigenvalue weighted by molar-refractivity contribution is 0.428. The van der Waals surface area contributed by atoms with Crippen LogP contribution in [0.5, 0.6) is 0 Å². The Morgan fingerprint density at radius 1 is 1.00 bits per heavy atom. The van der Waals surface area contributed by atoms with E-state index in [2.05, 4.69) is 36.9 Å². The number of hydrogen-bond donors (Lipinski definition) is 0. The molecule has 0 aliphatic rings. The number of nitrogens with zero attached hydrogens (tertiary/aromatic N) is 2. The van der Waals surface area contributed by atoms with Crippen LogP contribution in [0.15, 0.2) is 0 Å². The van der Waals surface area contributed by atoms with Gasteiger partial charge < -0.3 is 9.13 Å². The van der Waals surface area contributed by atoms with E-state index in [1.165, 1.54) is 19.6 Å². The topological polar surface area (TPSA) is 6.48 Å². The van der Waals surface area contributed by atoms with Gasteiger partial charge in [0.25, 0.3) is 0 Å². The molecular formula is C7H20N2Si. The van der Waals surface area contributed by atoms with Gasteiger partial charge in [0.05, 0.1) is 0 Å². The molecule has 0 aromatic carbocycles. The van der Waals surface area contributed by atoms with Gasteiger partial charge in [-0.05, 0) is 26.7 Å². The van der Waals surface area contributed by atoms with Gasteiger partial charge in [-0.1, -0.05) is 20.8 Å². The van der Waals surface area contributed by atoms with Crippen LogP contribution < -0.4 is 0 Å². The van der Waals surface area contributed by atoms with Crippen LogP contribution in [0.1, 0.15) is 20.8 Å². The van der Waals surface area contributed by atoms with Crippen molar-refractivity contribution in [1.82, 2.24) is 9.13 Å². The van der Waals surface area contributed by atoms with Crippen molar-refractivity contribution in [2.24, 2.45) is 0 Å². The predicted octanol–water partition coefficient (Wildman–Crippen LogP) is 0.279. The van der Waals surface area contributed by atoms with E-state index in [1.54, 1.807) is 0 Å². The van der Waals surface area contributed by atoms with Crippen molar-refractivity contribution in [3.63, 3.8) is 0 Å². The molecule has 0 aromatic heterocycles. The zero-order valence-electron chi connectivity index (χ0n) is 7.72. The molecule has 2 nitrogen and oxygen atoms in total. The molecule has 0 aliphatic carbocycles. The molecule has 0 spiro atoms. The van der Waals surface area contributed by atoms with Crippen LogP contribution in [0.2, 0.25) is 0 Å². The van der Waals surface area contributed by atoms with Crippen molar-refractivity contribution in [2.75, 3.05) is 26.7 Å². The first-order valence-electron chi connectivity index (χ1n) is 4.15. The number of hydrogen-bond acceptors (Lipinski definition) is 2. The normalized spacial score (nSPS) is 12.6. The van der Waals surface area contributed by atoms with Gasteiger partial charge in [-0.25, -0.2) is 0 Å². The monoisotopic (exact) mass is 160 g/mol. The smallest absolute Gasteiger partial charge is 0.172 e. The molecule has 0 saturated heterocycles. The lowest BCUT2D eigenvalue weighted by atomic mass is 10.7. The lowest BCUT2D eigenvalue weighted by Gasteiger charge is -2.23. The second-order valence-corrected chi connectivity index (χ2v) is 4.87. The third-order valence-electron chi connectivity index (χ3n) is 1.88. The highest BCUT2D eigenvalue weighted by Gasteiger charge is 2.01. The third kappa shape index (κ3) is 4.03. The summed E-state index contributed by atoms with van der Waals surface area (Å²) in [6.07, 6.45) is 0. The fourth-order valence-electron chi connectivity index (χ4n) is 0.865. The molecule has 0 bridgehead atoms. The fourth-order valence-corrected chi connectivity index (χ4v) is 2.15. The SMILES string of the molecule is CCN(C)[SiH2]N(CC)CC. The summed E-state index contributed by atoms with van der Waals surface area (Å²) in [4.78, 5) is 0. The summed E-state index contributed by atoms with van der Waals surface area (Å²) in [5.74, 6) is 0. The first kappa shape index (κ1) is 10.1. The van der Waals surface area contributed by atoms with E-state index in [0.717, 1.165) is 0 Å². The zero-order chi connectivity index (χ0) is 7.98. The van der Waals surface area contributed by atoms with Gasteiger partial charge >= 0.3 is 0 Å². The van der Waals surface area contributed by atoms with E-state index in [1.807, 2.05) is 0 Å². The Morgan fingerprint density at radius 3 is 1.80 bits per heavy atom. The Labute approximate surface area is 67.2 Å². The first-order chi connectivity index (χ1) is 4.74. The Balaban J connectivity index is 3.41. The highest BCUT2D eigenvalue weighted by atomic mass is 28.2. The molecule has 0 radical (unpaired) electrons. The summed E-state index contributed by atoms with van der Waals surface area (Å²) in [6.45, 7) is 10.3. The zero-order valence-corrected chi connectivity index (χ0v) is 9.14. The summed E-state index contributed by atoms with van der Waals surface area (Å²) in [6, 6.07) is 0. The van der Waals surface area contributed by atoms with Crippen LogP contribution in [-0.4, -0.2) is 45.7 Å². The molecule has 0 aliphatic heterocycles. The van der Waals surface area contributed by atoms with E-state index < -0.39 is 0 Å². The summed E-state index contributed by atoms with van der Waals surface area (Å²) in [5.41, 5.74) is 0. The minimum Gasteiger partial charge on any atom is -0.320 e. The molecule has 0 atom stereocenters. The predicted molar refractivity (Wildman–Crippen MR) is 49.8 cm³/mol. The molecule has 0 N–H and O–H groups in total. The molecule has 0 saturated carbocycles. The summed E-state index contributed by atoms with van der Waals surface area (Å²) in [5, 5.41) is 0. The molecule has 0 amide bonds. The van der Waals surface area contributed by atoms with Gasteiger partial charge in [0.15, 0.2) is 9.84 Å². The van der Waals surface area contributed by atoms with Crippen LogP contribution in [0.25, 0.3) is 0 Å². The number of rotatable bonds is 5. The van der Waals surface area contributed by atoms with Crippen molar-refractivity contribution in [1.29, 1.82) is 0 Å². The van der Waals surface area contributed by atoms with Crippen LogP contribution in [0, 0.1) is 0 Å². The van der Waals surface area contributed by atoms with Gasteiger partial charge in [0, 0.05) is 0 Å². The quantitative estimate of drug-likeness (QED) is 0.533. The minimum atomic E-state index is -0.0837. The van der Waals surface area contributed by atoms with Crippen LogP contribution in [0.4, 0.5) is 0 Å². The van der Waals surface area contributed by atoms with Crippen molar-refractivity contribution in [3.8, 4) is 0 Å². The first-order valence-corrected chi connectivity index (χ1v) is 5.41. The Bertz CT molecular complexity index is 74.0. The average Bonchev–Trinajstić information content (AvgIpc) is 1.99. The van der Waals surface area contributed by atoms with E-state index in [4.69, 9.17) is 0 Å². The van der Waals surface area contributed by atoms with Crippen molar-refractivity contribution < 1.29 is 0 Å². The van der Waals surface area contributed by atoms with E-state index in [9.17, 15) is 0 Å². The molecular weight excluding hydrogens is 140 g/mol. The Hall–Kier alpha value is 0.137. The van der Waals surface area contributed by atoms with Crippen molar-refractivity contribution >= 4 is 9.84 Å². The van der Waals surface area contributed by atoms with Gasteiger partial charge in [-0.3, -0.25) is 0 Å². The molecule has 0 unspecified atom stereocenters. The molecule has 0 fully saturated rings. The molecule has 62 valence electrons. The largest absolute Gasteiger partial charge is 0.320 e. The molecule has 0 rings (SSSR count). The Kier molecular flexibility index (Phi) is 5.97. The Morgan fingerprint density at radius 2 is 1.50 bits per heavy atom. The molecule has 3 heteroatoms.